The summed E-state index contributed by atoms with van der Waals surface area (Å²) in [4.78, 5) is 28.1. The number of ether oxygens (including phenoxy) is 1. The van der Waals surface area contributed by atoms with Crippen LogP contribution < -0.4 is 10.1 Å². The first-order chi connectivity index (χ1) is 13.6. The zero-order chi connectivity index (χ0) is 20.9. The molecule has 29 heavy (non-hydrogen) atoms. The molecule has 2 heterocycles. The van der Waals surface area contributed by atoms with Crippen molar-refractivity contribution < 1.29 is 33.0 Å². The second-order valence-corrected chi connectivity index (χ2v) is 10.6. The van der Waals surface area contributed by atoms with E-state index < -0.39 is 50.8 Å². The van der Waals surface area contributed by atoms with Crippen molar-refractivity contribution in [2.45, 2.75) is 49.7 Å². The molecule has 10 heteroatoms. The molecular weight excluding hydrogens is 400 g/mol. The second-order valence-electron chi connectivity index (χ2n) is 8.53. The van der Waals surface area contributed by atoms with Crippen LogP contribution in [-0.2, 0) is 20.2 Å². The molecule has 4 rings (SSSR count). The van der Waals surface area contributed by atoms with Gasteiger partial charge in [0.2, 0.25) is 5.88 Å². The normalized spacial score (nSPS) is 23.3. The van der Waals surface area contributed by atoms with Gasteiger partial charge in [-0.3, -0.25) is 9.59 Å². The molecule has 1 aromatic heterocycles. The van der Waals surface area contributed by atoms with E-state index in [1.54, 1.807) is 6.07 Å². The number of aromatic nitrogens is 1. The van der Waals surface area contributed by atoms with Crippen molar-refractivity contribution in [3.63, 3.8) is 0 Å². The van der Waals surface area contributed by atoms with E-state index in [0.29, 0.717) is 30.9 Å². The van der Waals surface area contributed by atoms with E-state index in [1.807, 2.05) is 0 Å². The Morgan fingerprint density at radius 2 is 1.93 bits per heavy atom. The quantitative estimate of drug-likeness (QED) is 0.551. The molecule has 1 amide bonds. The number of hydrogen-bond donors (Lipinski definition) is 3. The van der Waals surface area contributed by atoms with Gasteiger partial charge in [0, 0.05) is 5.56 Å². The van der Waals surface area contributed by atoms with Crippen LogP contribution in [0.15, 0.2) is 12.1 Å². The highest BCUT2D eigenvalue weighted by molar-refractivity contribution is 7.93. The minimum atomic E-state index is -3.36. The first kappa shape index (κ1) is 20.1. The number of carbonyl (C=O) groups is 2. The summed E-state index contributed by atoms with van der Waals surface area (Å²) in [7, 11) is -3.36. The number of rotatable bonds is 8. The molecule has 0 bridgehead atoms. The summed E-state index contributed by atoms with van der Waals surface area (Å²) in [5.74, 6) is -2.02. The third kappa shape index (κ3) is 4.23. The number of nitrogens with zero attached hydrogens (tertiary/aromatic N) is 1. The predicted octanol–water partition coefficient (Wildman–Crippen LogP) is 0.614. The summed E-state index contributed by atoms with van der Waals surface area (Å²) in [6, 6.07) is 3.07. The van der Waals surface area contributed by atoms with Crippen molar-refractivity contribution in [1.29, 1.82) is 0 Å². The van der Waals surface area contributed by atoms with Gasteiger partial charge in [-0.05, 0) is 50.2 Å². The highest BCUT2D eigenvalue weighted by Gasteiger charge is 2.51. The van der Waals surface area contributed by atoms with Crippen LogP contribution in [0.3, 0.4) is 0 Å². The van der Waals surface area contributed by atoms with Gasteiger partial charge in [-0.25, -0.2) is 13.4 Å². The topological polar surface area (TPSA) is 143 Å². The number of pyridine rings is 1. The minimum Gasteiger partial charge on any atom is -0.481 e. The molecule has 2 aliphatic carbocycles. The fourth-order valence-corrected chi connectivity index (χ4v) is 5.85. The lowest BCUT2D eigenvalue weighted by atomic mass is 9.75. The summed E-state index contributed by atoms with van der Waals surface area (Å²) in [5.41, 5.74) is -1.79. The van der Waals surface area contributed by atoms with Crippen LogP contribution in [0.25, 0.3) is 0 Å². The number of sulfone groups is 1. The van der Waals surface area contributed by atoms with Crippen LogP contribution in [0, 0.1) is 5.92 Å². The zero-order valence-corrected chi connectivity index (χ0v) is 16.7. The fraction of sp³-hybridized carbons (Fsp3) is 0.632. The van der Waals surface area contributed by atoms with Crippen molar-refractivity contribution >= 4 is 21.7 Å². The number of carbonyl (C=O) groups excluding carboxylic acids is 1. The summed E-state index contributed by atoms with van der Waals surface area (Å²) >= 11 is 0. The van der Waals surface area contributed by atoms with Gasteiger partial charge >= 0.3 is 5.97 Å². The molecule has 2 saturated carbocycles. The molecule has 158 valence electrons. The van der Waals surface area contributed by atoms with E-state index in [0.717, 1.165) is 19.3 Å². The molecule has 1 aliphatic heterocycles. The first-order valence-corrected chi connectivity index (χ1v) is 11.5. The average molecular weight is 424 g/mol. The minimum absolute atomic E-state index is 0.00321. The van der Waals surface area contributed by atoms with E-state index in [9.17, 15) is 23.1 Å². The van der Waals surface area contributed by atoms with Gasteiger partial charge in [0.25, 0.3) is 5.91 Å². The molecular formula is C19H24N2O7S. The summed E-state index contributed by atoms with van der Waals surface area (Å²) in [6.07, 6.45) is 3.75. The molecule has 0 unspecified atom stereocenters. The average Bonchev–Trinajstić information content (AvgIpc) is 3.39. The monoisotopic (exact) mass is 424 g/mol. The maximum atomic E-state index is 12.7. The van der Waals surface area contributed by atoms with Gasteiger partial charge in [-0.15, -0.1) is 0 Å². The number of aliphatic hydroxyl groups is 1. The van der Waals surface area contributed by atoms with Crippen LogP contribution >= 0.6 is 0 Å². The molecule has 3 N–H and O–H groups in total. The molecule has 0 aromatic carbocycles. The number of carboxylic acid groups (broad SMARTS) is 1. The van der Waals surface area contributed by atoms with E-state index in [-0.39, 0.29) is 11.6 Å². The Morgan fingerprint density at radius 3 is 2.45 bits per heavy atom. The number of nitrogens with one attached hydrogen (secondary N) is 1. The molecule has 3 aliphatic rings. The number of aliphatic carboxylic acids is 1. The predicted molar refractivity (Wildman–Crippen MR) is 101 cm³/mol. The number of carboxylic acids is 1. The third-order valence-electron chi connectivity index (χ3n) is 5.79. The van der Waals surface area contributed by atoms with Crippen molar-refractivity contribution in [2.75, 3.05) is 18.1 Å². The maximum absolute atomic E-state index is 12.7. The third-order valence-corrected chi connectivity index (χ3v) is 7.77. The second kappa shape index (κ2) is 6.94. The van der Waals surface area contributed by atoms with E-state index >= 15 is 0 Å². The SMILES string of the molecule is O=C(O)CC1(NC(=O)c2ccc(C3(O)CCC3)c(OCC3CC3)n2)CS(=O)(=O)C1. The highest BCUT2D eigenvalue weighted by atomic mass is 32.2. The lowest BCUT2D eigenvalue weighted by molar-refractivity contribution is -0.138. The number of hydrogen-bond acceptors (Lipinski definition) is 7. The van der Waals surface area contributed by atoms with E-state index in [4.69, 9.17) is 9.84 Å². The summed E-state index contributed by atoms with van der Waals surface area (Å²) in [5, 5.41) is 22.3. The van der Waals surface area contributed by atoms with E-state index in [2.05, 4.69) is 10.3 Å². The Hall–Kier alpha value is -2.20. The van der Waals surface area contributed by atoms with Crippen molar-refractivity contribution in [3.8, 4) is 5.88 Å². The van der Waals surface area contributed by atoms with Gasteiger partial charge in [0.05, 0.1) is 35.7 Å². The maximum Gasteiger partial charge on any atom is 0.305 e. The molecule has 3 fully saturated rings. The number of amides is 1. The largest absolute Gasteiger partial charge is 0.481 e. The zero-order valence-electron chi connectivity index (χ0n) is 15.9. The van der Waals surface area contributed by atoms with Gasteiger partial charge in [-0.2, -0.15) is 0 Å². The fourth-order valence-electron chi connectivity index (χ4n) is 3.91. The molecule has 0 radical (unpaired) electrons. The summed E-state index contributed by atoms with van der Waals surface area (Å²) in [6.45, 7) is 0.461. The standard InChI is InChI=1S/C19H24N2O7S/c22-15(23)8-18(10-29(26,27)11-18)21-16(24)14-5-4-13(19(25)6-1-7-19)17(20-14)28-9-12-2-3-12/h4-5,12,25H,1-3,6-11H2,(H,21,24)(H,22,23). The Labute approximate surface area is 168 Å². The molecule has 1 saturated heterocycles. The lowest BCUT2D eigenvalue weighted by Gasteiger charge is -2.40. The molecule has 0 spiro atoms. The van der Waals surface area contributed by atoms with Gasteiger partial charge in [-0.1, -0.05) is 0 Å². The van der Waals surface area contributed by atoms with Crippen LogP contribution in [0.4, 0.5) is 0 Å². The van der Waals surface area contributed by atoms with E-state index in [1.165, 1.54) is 6.07 Å². The van der Waals surface area contributed by atoms with Gasteiger partial charge in [0.1, 0.15) is 5.69 Å². The summed E-state index contributed by atoms with van der Waals surface area (Å²) < 4.78 is 29.0. The molecule has 0 atom stereocenters. The Balaban J connectivity index is 1.55. The Bertz CT molecular complexity index is 939. The Kier molecular flexibility index (Phi) is 4.81. The Morgan fingerprint density at radius 1 is 1.24 bits per heavy atom. The van der Waals surface area contributed by atoms with Crippen LogP contribution in [0.5, 0.6) is 5.88 Å². The molecule has 9 nitrogen and oxygen atoms in total. The first-order valence-electron chi connectivity index (χ1n) is 9.71. The van der Waals surface area contributed by atoms with Crippen molar-refractivity contribution in [2.24, 2.45) is 5.92 Å². The van der Waals surface area contributed by atoms with Crippen LogP contribution in [0.1, 0.15) is 54.6 Å². The van der Waals surface area contributed by atoms with Crippen LogP contribution in [0.2, 0.25) is 0 Å². The van der Waals surface area contributed by atoms with Crippen molar-refractivity contribution in [3.05, 3.63) is 23.4 Å². The van der Waals surface area contributed by atoms with Gasteiger partial charge in [0.15, 0.2) is 9.84 Å². The highest BCUT2D eigenvalue weighted by Crippen LogP contribution is 2.44. The van der Waals surface area contributed by atoms with Crippen molar-refractivity contribution in [1.82, 2.24) is 10.3 Å². The molecule has 1 aromatic rings. The lowest BCUT2D eigenvalue weighted by Crippen LogP contribution is -2.66. The smallest absolute Gasteiger partial charge is 0.305 e. The van der Waals surface area contributed by atoms with Gasteiger partial charge < -0.3 is 20.3 Å². The van der Waals surface area contributed by atoms with Crippen LogP contribution in [-0.4, -0.2) is 59.1 Å².